The van der Waals surface area contributed by atoms with Crippen LogP contribution in [0, 0.1) is 0 Å². The maximum absolute atomic E-state index is 11.8. The zero-order valence-corrected chi connectivity index (χ0v) is 10.9. The van der Waals surface area contributed by atoms with Gasteiger partial charge < -0.3 is 10.1 Å². The summed E-state index contributed by atoms with van der Waals surface area (Å²) in [5.41, 5.74) is -0.141. The van der Waals surface area contributed by atoms with Crippen LogP contribution in [0.15, 0.2) is 33.9 Å². The predicted molar refractivity (Wildman–Crippen MR) is 70.8 cm³/mol. The van der Waals surface area contributed by atoms with Gasteiger partial charge >= 0.3 is 17.1 Å². The van der Waals surface area contributed by atoms with Crippen molar-refractivity contribution in [3.63, 3.8) is 0 Å². The van der Waals surface area contributed by atoms with Gasteiger partial charge in [0, 0.05) is 26.8 Å². The highest BCUT2D eigenvalue weighted by Crippen LogP contribution is 2.18. The van der Waals surface area contributed by atoms with Gasteiger partial charge in [0.1, 0.15) is 5.75 Å². The molecule has 0 atom stereocenters. The molecule has 1 heterocycles. The van der Waals surface area contributed by atoms with Gasteiger partial charge in [0.05, 0.1) is 0 Å². The smallest absolute Gasteiger partial charge is 0.347 e. The molecule has 0 spiro atoms. The van der Waals surface area contributed by atoms with Crippen LogP contribution in [0.2, 0.25) is 0 Å². The Labute approximate surface area is 109 Å². The van der Waals surface area contributed by atoms with Crippen molar-refractivity contribution in [1.29, 1.82) is 0 Å². The lowest BCUT2D eigenvalue weighted by Crippen LogP contribution is -2.38. The van der Waals surface area contributed by atoms with E-state index in [2.05, 4.69) is 10.4 Å². The van der Waals surface area contributed by atoms with Crippen LogP contribution in [-0.2, 0) is 14.1 Å². The minimum atomic E-state index is -0.569. The van der Waals surface area contributed by atoms with Gasteiger partial charge in [0.2, 0.25) is 0 Å². The summed E-state index contributed by atoms with van der Waals surface area (Å²) in [7, 11) is 4.64. The Morgan fingerprint density at radius 1 is 1.16 bits per heavy atom. The highest BCUT2D eigenvalue weighted by atomic mass is 16.5. The monoisotopic (exact) mass is 262 g/mol. The summed E-state index contributed by atoms with van der Waals surface area (Å²) in [6.07, 6.45) is 0. The summed E-state index contributed by atoms with van der Waals surface area (Å²) in [5.74, 6) is 0.337. The highest BCUT2D eigenvalue weighted by Gasteiger charge is 2.10. The van der Waals surface area contributed by atoms with Gasteiger partial charge in [-0.3, -0.25) is 9.36 Å². The number of nitrogens with zero attached hydrogens (tertiary/aromatic N) is 3. The number of nitrogens with one attached hydrogen (secondary N) is 1. The van der Waals surface area contributed by atoms with Gasteiger partial charge in [-0.2, -0.15) is 0 Å². The molecule has 7 heteroatoms. The van der Waals surface area contributed by atoms with Gasteiger partial charge in [-0.15, -0.1) is 5.10 Å². The molecule has 7 nitrogen and oxygen atoms in total. The first-order valence-corrected chi connectivity index (χ1v) is 5.63. The van der Waals surface area contributed by atoms with Gasteiger partial charge in [-0.05, 0) is 24.3 Å². The largest absolute Gasteiger partial charge is 0.434 e. The van der Waals surface area contributed by atoms with E-state index in [4.69, 9.17) is 4.74 Å². The van der Waals surface area contributed by atoms with Crippen LogP contribution >= 0.6 is 0 Å². The van der Waals surface area contributed by atoms with Gasteiger partial charge in [-0.1, -0.05) is 0 Å². The lowest BCUT2D eigenvalue weighted by atomic mass is 10.3. The van der Waals surface area contributed by atoms with Crippen molar-refractivity contribution in [2.75, 3.05) is 12.4 Å². The second kappa shape index (κ2) is 4.97. The third-order valence-electron chi connectivity index (χ3n) is 2.65. The molecule has 1 N–H and O–H groups in total. The van der Waals surface area contributed by atoms with E-state index in [9.17, 15) is 9.59 Å². The maximum atomic E-state index is 11.8. The maximum Gasteiger partial charge on any atom is 0.347 e. The number of hydrogen-bond acceptors (Lipinski definition) is 5. The summed E-state index contributed by atoms with van der Waals surface area (Å²) >= 11 is 0. The SMILES string of the molecule is CNc1ccc(Oc2nn(C)c(=O)n(C)c2=O)cc1. The fourth-order valence-corrected chi connectivity index (χ4v) is 1.53. The molecule has 0 unspecified atom stereocenters. The summed E-state index contributed by atoms with van der Waals surface area (Å²) < 4.78 is 7.40. The third kappa shape index (κ3) is 2.49. The molecule has 19 heavy (non-hydrogen) atoms. The minimum Gasteiger partial charge on any atom is -0.434 e. The second-order valence-electron chi connectivity index (χ2n) is 3.95. The van der Waals surface area contributed by atoms with Crippen LogP contribution in [-0.4, -0.2) is 21.4 Å². The predicted octanol–water partition coefficient (Wildman–Crippen LogP) is 0.313. The molecule has 2 aromatic rings. The summed E-state index contributed by atoms with van der Waals surface area (Å²) in [4.78, 5) is 23.3. The Morgan fingerprint density at radius 2 is 1.79 bits per heavy atom. The van der Waals surface area contributed by atoms with E-state index in [-0.39, 0.29) is 5.88 Å². The normalized spacial score (nSPS) is 10.3. The number of benzene rings is 1. The molecule has 100 valence electrons. The first-order valence-electron chi connectivity index (χ1n) is 5.63. The van der Waals surface area contributed by atoms with E-state index < -0.39 is 11.2 Å². The molecule has 0 bridgehead atoms. The van der Waals surface area contributed by atoms with Crippen molar-refractivity contribution >= 4 is 5.69 Å². The Morgan fingerprint density at radius 3 is 2.37 bits per heavy atom. The number of rotatable bonds is 3. The molecule has 0 radical (unpaired) electrons. The van der Waals surface area contributed by atoms with Gasteiger partial charge in [0.25, 0.3) is 0 Å². The first kappa shape index (κ1) is 12.9. The van der Waals surface area contributed by atoms with Crippen LogP contribution in [0.5, 0.6) is 11.6 Å². The lowest BCUT2D eigenvalue weighted by Gasteiger charge is -2.07. The lowest BCUT2D eigenvalue weighted by molar-refractivity contribution is 0.414. The number of anilines is 1. The van der Waals surface area contributed by atoms with Crippen LogP contribution in [0.3, 0.4) is 0 Å². The van der Waals surface area contributed by atoms with E-state index in [1.54, 1.807) is 19.2 Å². The molecular weight excluding hydrogens is 248 g/mol. The van der Waals surface area contributed by atoms with Crippen molar-refractivity contribution in [2.45, 2.75) is 0 Å². The summed E-state index contributed by atoms with van der Waals surface area (Å²) in [6.45, 7) is 0. The molecule has 2 rings (SSSR count). The average Bonchev–Trinajstić information content (AvgIpc) is 2.43. The highest BCUT2D eigenvalue weighted by molar-refractivity contribution is 5.46. The van der Waals surface area contributed by atoms with Crippen LogP contribution < -0.4 is 21.3 Å². The molecule has 0 saturated carbocycles. The fourth-order valence-electron chi connectivity index (χ4n) is 1.53. The van der Waals surface area contributed by atoms with E-state index >= 15 is 0 Å². The van der Waals surface area contributed by atoms with Crippen molar-refractivity contribution in [2.24, 2.45) is 14.1 Å². The molecule has 1 aromatic carbocycles. The van der Waals surface area contributed by atoms with E-state index in [1.807, 2.05) is 12.1 Å². The molecule has 0 aliphatic carbocycles. The molecule has 0 aliphatic rings. The minimum absolute atomic E-state index is 0.137. The number of ether oxygens (including phenoxy) is 1. The van der Waals surface area contributed by atoms with Gasteiger partial charge in [-0.25, -0.2) is 9.48 Å². The summed E-state index contributed by atoms with van der Waals surface area (Å²) in [6, 6.07) is 7.03. The Hall–Kier alpha value is -2.57. The van der Waals surface area contributed by atoms with Gasteiger partial charge in [0.15, 0.2) is 0 Å². The zero-order chi connectivity index (χ0) is 14.0. The van der Waals surface area contributed by atoms with Crippen LogP contribution in [0.4, 0.5) is 5.69 Å². The van der Waals surface area contributed by atoms with Crippen LogP contribution in [0.1, 0.15) is 0 Å². The number of aryl methyl sites for hydroxylation is 1. The molecule has 0 aliphatic heterocycles. The summed E-state index contributed by atoms with van der Waals surface area (Å²) in [5, 5.41) is 6.78. The topological polar surface area (TPSA) is 78.2 Å². The Balaban J connectivity index is 2.38. The number of aromatic nitrogens is 3. The van der Waals surface area contributed by atoms with Crippen molar-refractivity contribution in [3.8, 4) is 11.6 Å². The average molecular weight is 262 g/mol. The molecule has 0 amide bonds. The van der Waals surface area contributed by atoms with Crippen LogP contribution in [0.25, 0.3) is 0 Å². The molecule has 0 fully saturated rings. The molecular formula is C12H14N4O3. The standard InChI is InChI=1S/C12H14N4O3/c1-13-8-4-6-9(7-5-8)19-10-11(17)15(2)12(18)16(3)14-10/h4-7,13H,1-3H3. The van der Waals surface area contributed by atoms with Crippen molar-refractivity contribution in [3.05, 3.63) is 45.1 Å². The Bertz CT molecular complexity index is 700. The van der Waals surface area contributed by atoms with Crippen molar-refractivity contribution in [1.82, 2.24) is 14.3 Å². The molecule has 1 aromatic heterocycles. The van der Waals surface area contributed by atoms with E-state index in [0.29, 0.717) is 5.75 Å². The number of hydrogen-bond donors (Lipinski definition) is 1. The Kier molecular flexibility index (Phi) is 3.37. The third-order valence-corrected chi connectivity index (χ3v) is 2.65. The fraction of sp³-hybridized carbons (Fsp3) is 0.250. The zero-order valence-electron chi connectivity index (χ0n) is 10.9. The quantitative estimate of drug-likeness (QED) is 0.861. The first-order chi connectivity index (χ1) is 9.02. The van der Waals surface area contributed by atoms with Crippen molar-refractivity contribution < 1.29 is 4.74 Å². The second-order valence-corrected chi connectivity index (χ2v) is 3.95. The van der Waals surface area contributed by atoms with E-state index in [1.165, 1.54) is 14.1 Å². The molecule has 0 saturated heterocycles. The van der Waals surface area contributed by atoms with E-state index in [0.717, 1.165) is 14.9 Å².